The van der Waals surface area contributed by atoms with Gasteiger partial charge in [-0.1, -0.05) is 6.07 Å². The number of anilines is 2. The topological polar surface area (TPSA) is 93.7 Å². The Balaban J connectivity index is 2.07. The maximum atomic E-state index is 14.8. The molecule has 0 spiro atoms. The molecule has 204 valence electrons. The number of halogens is 8. The Morgan fingerprint density at radius 1 is 1.08 bits per heavy atom. The first kappa shape index (κ1) is 29.0. The molecule has 3 rings (SSSR count). The first-order chi connectivity index (χ1) is 16.9. The molecule has 1 aliphatic rings. The summed E-state index contributed by atoms with van der Waals surface area (Å²) < 4.78 is 130. The highest BCUT2D eigenvalue weighted by Gasteiger charge is 2.73. The molecule has 0 aliphatic carbocycles. The molecule has 2 aromatic carbocycles. The number of hydrogen-bond acceptors (Lipinski definition) is 5. The fraction of sp³-hybridized carbons (Fsp3) is 0.381. The van der Waals surface area contributed by atoms with Gasteiger partial charge < -0.3 is 14.8 Å². The molecule has 37 heavy (non-hydrogen) atoms. The highest BCUT2D eigenvalue weighted by atomic mass is 79.9. The minimum atomic E-state index is -6.36. The number of sulfonamides is 1. The minimum absolute atomic E-state index is 0.0155. The van der Waals surface area contributed by atoms with Crippen molar-refractivity contribution in [3.8, 4) is 5.75 Å². The van der Waals surface area contributed by atoms with E-state index in [2.05, 4.69) is 26.0 Å². The molecule has 1 fully saturated rings. The number of ether oxygens (including phenoxy) is 2. The van der Waals surface area contributed by atoms with Crippen molar-refractivity contribution in [1.82, 2.24) is 0 Å². The van der Waals surface area contributed by atoms with Gasteiger partial charge in [-0.25, -0.2) is 12.8 Å². The molecule has 16 heteroatoms. The average molecular weight is 623 g/mol. The highest BCUT2D eigenvalue weighted by Crippen LogP contribution is 2.55. The Labute approximate surface area is 214 Å². The van der Waals surface area contributed by atoms with E-state index in [1.54, 1.807) is 0 Å². The lowest BCUT2D eigenvalue weighted by Crippen LogP contribution is -2.50. The Hall–Kier alpha value is -2.59. The summed E-state index contributed by atoms with van der Waals surface area (Å²) in [6.45, 7) is 0.152. The van der Waals surface area contributed by atoms with Gasteiger partial charge in [0.25, 0.3) is 5.91 Å². The summed E-state index contributed by atoms with van der Waals surface area (Å²) in [4.78, 5) is 12.9. The predicted molar refractivity (Wildman–Crippen MR) is 122 cm³/mol. The molecule has 1 saturated heterocycles. The number of carbonyl (C=O) groups is 1. The fourth-order valence-electron chi connectivity index (χ4n) is 3.39. The molecule has 0 bridgehead atoms. The second-order valence-corrected chi connectivity index (χ2v) is 10.6. The smallest absolute Gasteiger partial charge is 0.435 e. The third-order valence-electron chi connectivity index (χ3n) is 5.08. The van der Waals surface area contributed by atoms with Gasteiger partial charge in [-0.3, -0.25) is 9.52 Å². The molecule has 1 amide bonds. The molecule has 7 nitrogen and oxygen atoms in total. The number of benzene rings is 2. The molecular formula is C21H18BrF7N2O5S. The molecule has 0 radical (unpaired) electrons. The SMILES string of the molecule is CS(=O)(=O)Nc1cccc(C(=O)Nc2c(Br)cc(C(F)(C(F)(F)F)C(F)(F)F)cc2OC2CCOC2)c1. The number of alkyl halides is 7. The summed E-state index contributed by atoms with van der Waals surface area (Å²) >= 11 is 2.81. The van der Waals surface area contributed by atoms with Crippen molar-refractivity contribution in [1.29, 1.82) is 0 Å². The molecular weight excluding hydrogens is 605 g/mol. The van der Waals surface area contributed by atoms with Crippen LogP contribution in [0, 0.1) is 0 Å². The zero-order chi connectivity index (χ0) is 27.8. The number of amides is 1. The molecule has 0 saturated carbocycles. The summed E-state index contributed by atoms with van der Waals surface area (Å²) in [5, 5.41) is 2.30. The van der Waals surface area contributed by atoms with Crippen LogP contribution in [0.3, 0.4) is 0 Å². The lowest BCUT2D eigenvalue weighted by atomic mass is 9.93. The Bertz CT molecular complexity index is 1270. The normalized spacial score (nSPS) is 16.9. The highest BCUT2D eigenvalue weighted by molar-refractivity contribution is 9.10. The molecule has 1 aliphatic heterocycles. The number of carbonyl (C=O) groups excluding carboxylic acids is 1. The van der Waals surface area contributed by atoms with Gasteiger partial charge in [-0.15, -0.1) is 0 Å². The van der Waals surface area contributed by atoms with E-state index in [0.29, 0.717) is 0 Å². The second kappa shape index (κ2) is 10.3. The van der Waals surface area contributed by atoms with Gasteiger partial charge in [0.05, 0.1) is 25.2 Å². The third-order valence-corrected chi connectivity index (χ3v) is 6.31. The quantitative estimate of drug-likeness (QED) is 0.396. The van der Waals surface area contributed by atoms with E-state index in [1.807, 2.05) is 0 Å². The number of hydrogen-bond donors (Lipinski definition) is 2. The fourth-order valence-corrected chi connectivity index (χ4v) is 4.49. The van der Waals surface area contributed by atoms with Crippen molar-refractivity contribution < 1.29 is 53.4 Å². The first-order valence-electron chi connectivity index (χ1n) is 10.2. The third kappa shape index (κ3) is 6.46. The van der Waals surface area contributed by atoms with Gasteiger partial charge in [0.1, 0.15) is 11.9 Å². The predicted octanol–water partition coefficient (Wildman–Crippen LogP) is 5.53. The standard InChI is InChI=1S/C21H18BrF7N2O5S/c1-37(33,34)31-13-4-2-3-11(7-13)18(32)30-17-15(22)8-12(9-16(17)36-14-5-6-35-10-14)19(23,20(24,25)26)21(27,28)29/h2-4,7-9,14,31H,5-6,10H2,1H3,(H,30,32). The van der Waals surface area contributed by atoms with E-state index in [0.717, 1.165) is 12.3 Å². The monoisotopic (exact) mass is 622 g/mol. The van der Waals surface area contributed by atoms with Crippen LogP contribution in [-0.2, 0) is 20.4 Å². The van der Waals surface area contributed by atoms with Gasteiger partial charge in [0.2, 0.25) is 10.0 Å². The van der Waals surface area contributed by atoms with Crippen molar-refractivity contribution >= 4 is 43.2 Å². The van der Waals surface area contributed by atoms with E-state index in [1.165, 1.54) is 18.2 Å². The Morgan fingerprint density at radius 3 is 2.27 bits per heavy atom. The lowest BCUT2D eigenvalue weighted by Gasteiger charge is -2.31. The molecule has 2 N–H and O–H groups in total. The first-order valence-corrected chi connectivity index (χ1v) is 12.9. The average Bonchev–Trinajstić information content (AvgIpc) is 3.25. The Kier molecular flexibility index (Phi) is 8.05. The van der Waals surface area contributed by atoms with E-state index >= 15 is 0 Å². The van der Waals surface area contributed by atoms with Crippen molar-refractivity contribution in [2.75, 3.05) is 29.5 Å². The summed E-state index contributed by atoms with van der Waals surface area (Å²) in [7, 11) is -3.69. The Morgan fingerprint density at radius 2 is 1.73 bits per heavy atom. The van der Waals surface area contributed by atoms with Crippen LogP contribution in [-0.4, -0.2) is 52.3 Å². The molecule has 1 unspecified atom stereocenters. The van der Waals surface area contributed by atoms with Crippen LogP contribution in [0.4, 0.5) is 42.1 Å². The number of nitrogens with one attached hydrogen (secondary N) is 2. The van der Waals surface area contributed by atoms with E-state index < -0.39 is 55.8 Å². The maximum absolute atomic E-state index is 14.8. The molecule has 0 aromatic heterocycles. The zero-order valence-corrected chi connectivity index (χ0v) is 21.0. The van der Waals surface area contributed by atoms with Gasteiger partial charge in [0.15, 0.2) is 0 Å². The molecule has 2 aromatic rings. The molecule has 1 heterocycles. The van der Waals surface area contributed by atoms with Crippen LogP contribution < -0.4 is 14.8 Å². The van der Waals surface area contributed by atoms with Crippen molar-refractivity contribution in [2.45, 2.75) is 30.5 Å². The maximum Gasteiger partial charge on any atom is 0.435 e. The van der Waals surface area contributed by atoms with Crippen LogP contribution in [0.15, 0.2) is 40.9 Å². The van der Waals surface area contributed by atoms with E-state index in [-0.39, 0.29) is 48.7 Å². The van der Waals surface area contributed by atoms with Gasteiger partial charge in [-0.05, 0) is 46.3 Å². The summed E-state index contributed by atoms with van der Waals surface area (Å²) in [6.07, 6.45) is -12.4. The van der Waals surface area contributed by atoms with Crippen molar-refractivity contribution in [3.05, 3.63) is 52.0 Å². The van der Waals surface area contributed by atoms with Crippen LogP contribution in [0.2, 0.25) is 0 Å². The van der Waals surface area contributed by atoms with Crippen molar-refractivity contribution in [2.24, 2.45) is 0 Å². The second-order valence-electron chi connectivity index (χ2n) is 8.00. The van der Waals surface area contributed by atoms with Gasteiger partial charge in [-0.2, -0.15) is 26.3 Å². The van der Waals surface area contributed by atoms with Gasteiger partial charge in [0, 0.05) is 27.7 Å². The zero-order valence-electron chi connectivity index (χ0n) is 18.6. The summed E-state index contributed by atoms with van der Waals surface area (Å²) in [5.41, 5.74) is -8.03. The largest absolute Gasteiger partial charge is 0.486 e. The van der Waals surface area contributed by atoms with Crippen molar-refractivity contribution in [3.63, 3.8) is 0 Å². The number of rotatable bonds is 7. The van der Waals surface area contributed by atoms with Crippen LogP contribution in [0.5, 0.6) is 5.75 Å². The van der Waals surface area contributed by atoms with Crippen LogP contribution in [0.1, 0.15) is 22.3 Å². The van der Waals surface area contributed by atoms with Crippen LogP contribution >= 0.6 is 15.9 Å². The van der Waals surface area contributed by atoms with Crippen LogP contribution in [0.25, 0.3) is 0 Å². The summed E-state index contributed by atoms with van der Waals surface area (Å²) in [6, 6.07) is 5.56. The molecule has 1 atom stereocenters. The summed E-state index contributed by atoms with van der Waals surface area (Å²) in [5.74, 6) is -1.59. The lowest BCUT2D eigenvalue weighted by molar-refractivity contribution is -0.348. The van der Waals surface area contributed by atoms with E-state index in [4.69, 9.17) is 9.47 Å². The van der Waals surface area contributed by atoms with E-state index in [9.17, 15) is 43.9 Å². The van der Waals surface area contributed by atoms with Gasteiger partial charge >= 0.3 is 18.0 Å². The minimum Gasteiger partial charge on any atom is -0.486 e.